The number of nitrogens with two attached hydrogens (primary N) is 1. The van der Waals surface area contributed by atoms with Gasteiger partial charge in [-0.2, -0.15) is 13.2 Å². The maximum Gasteiger partial charge on any atom is 0.393 e. The van der Waals surface area contributed by atoms with Crippen molar-refractivity contribution < 1.29 is 23.1 Å². The number of alkyl halides is 3. The van der Waals surface area contributed by atoms with Crippen LogP contribution in [0.1, 0.15) is 11.1 Å². The minimum absolute atomic E-state index is 0.0988. The molecule has 0 saturated carbocycles. The molecular weight excluding hydrogens is 235 g/mol. The molecule has 3 nitrogen and oxygen atoms in total. The summed E-state index contributed by atoms with van der Waals surface area (Å²) < 4.78 is 36.2. The van der Waals surface area contributed by atoms with Crippen molar-refractivity contribution in [3.05, 3.63) is 35.4 Å². The summed E-state index contributed by atoms with van der Waals surface area (Å²) in [6.45, 7) is 0. The third-order valence-electron chi connectivity index (χ3n) is 2.20. The molecule has 1 aromatic carbocycles. The van der Waals surface area contributed by atoms with Crippen molar-refractivity contribution >= 4 is 5.97 Å². The van der Waals surface area contributed by atoms with Gasteiger partial charge in [-0.25, -0.2) is 0 Å². The molecule has 0 radical (unpaired) electrons. The van der Waals surface area contributed by atoms with E-state index in [0.717, 1.165) is 0 Å². The highest BCUT2D eigenvalue weighted by atomic mass is 19.4. The smallest absolute Gasteiger partial charge is 0.393 e. The first-order valence-electron chi connectivity index (χ1n) is 4.91. The van der Waals surface area contributed by atoms with Crippen molar-refractivity contribution in [2.24, 2.45) is 5.73 Å². The van der Waals surface area contributed by atoms with Crippen LogP contribution in [0.3, 0.4) is 0 Å². The van der Waals surface area contributed by atoms with Gasteiger partial charge < -0.3 is 10.8 Å². The lowest BCUT2D eigenvalue weighted by atomic mass is 10.0. The topological polar surface area (TPSA) is 63.3 Å². The zero-order chi connectivity index (χ0) is 13.1. The number of carbonyl (C=O) groups is 1. The Morgan fingerprint density at radius 2 is 1.71 bits per heavy atom. The number of halogens is 3. The van der Waals surface area contributed by atoms with Crippen LogP contribution < -0.4 is 5.73 Å². The molecule has 0 aliphatic heterocycles. The van der Waals surface area contributed by atoms with E-state index in [2.05, 4.69) is 0 Å². The Morgan fingerprint density at radius 3 is 2.12 bits per heavy atom. The molecular formula is C11H12F3NO2. The predicted molar refractivity (Wildman–Crippen MR) is 55.5 cm³/mol. The van der Waals surface area contributed by atoms with E-state index in [1.54, 1.807) is 0 Å². The van der Waals surface area contributed by atoms with Crippen LogP contribution >= 0.6 is 0 Å². The first-order chi connectivity index (χ1) is 7.78. The Labute approximate surface area is 96.0 Å². The molecule has 1 aromatic rings. The molecule has 0 aliphatic carbocycles. The summed E-state index contributed by atoms with van der Waals surface area (Å²) in [6, 6.07) is 4.55. The molecule has 0 heterocycles. The Bertz CT molecular complexity index is 387. The maximum absolute atomic E-state index is 12.1. The Kier molecular flexibility index (Phi) is 4.11. The van der Waals surface area contributed by atoms with Gasteiger partial charge in [0.05, 0.1) is 6.42 Å². The van der Waals surface area contributed by atoms with Crippen LogP contribution in [0.5, 0.6) is 0 Å². The van der Waals surface area contributed by atoms with Crippen molar-refractivity contribution in [2.45, 2.75) is 25.1 Å². The molecule has 0 spiro atoms. The molecule has 0 bridgehead atoms. The highest BCUT2D eigenvalue weighted by Gasteiger charge is 2.27. The van der Waals surface area contributed by atoms with Gasteiger partial charge >= 0.3 is 12.1 Å². The molecule has 17 heavy (non-hydrogen) atoms. The zero-order valence-corrected chi connectivity index (χ0v) is 8.87. The van der Waals surface area contributed by atoms with E-state index in [9.17, 15) is 18.0 Å². The second-order valence-electron chi connectivity index (χ2n) is 3.76. The van der Waals surface area contributed by atoms with Crippen molar-refractivity contribution in [3.63, 3.8) is 0 Å². The average molecular weight is 247 g/mol. The van der Waals surface area contributed by atoms with Crippen LogP contribution in [0.25, 0.3) is 0 Å². The summed E-state index contributed by atoms with van der Waals surface area (Å²) in [5, 5.41) is 8.58. The van der Waals surface area contributed by atoms with E-state index in [4.69, 9.17) is 10.8 Å². The molecule has 0 saturated heterocycles. The lowest BCUT2D eigenvalue weighted by Gasteiger charge is -2.09. The number of hydrogen-bond donors (Lipinski definition) is 2. The van der Waals surface area contributed by atoms with Crippen LogP contribution in [0, 0.1) is 0 Å². The van der Waals surface area contributed by atoms with Crippen LogP contribution in [-0.2, 0) is 17.6 Å². The third kappa shape index (κ3) is 4.86. The highest BCUT2D eigenvalue weighted by molar-refractivity contribution is 5.73. The van der Waals surface area contributed by atoms with Gasteiger partial charge in [0.25, 0.3) is 0 Å². The first-order valence-corrected chi connectivity index (χ1v) is 4.91. The van der Waals surface area contributed by atoms with Gasteiger partial charge in [0, 0.05) is 0 Å². The van der Waals surface area contributed by atoms with Crippen molar-refractivity contribution in [2.75, 3.05) is 0 Å². The lowest BCUT2D eigenvalue weighted by Crippen LogP contribution is -2.32. The fraction of sp³-hybridized carbons (Fsp3) is 0.364. The van der Waals surface area contributed by atoms with Gasteiger partial charge in [-0.3, -0.25) is 4.79 Å². The minimum Gasteiger partial charge on any atom is -0.480 e. The summed E-state index contributed by atoms with van der Waals surface area (Å²) in [5.41, 5.74) is 6.06. The lowest BCUT2D eigenvalue weighted by molar-refractivity contribution is -0.138. The molecule has 1 atom stereocenters. The van der Waals surface area contributed by atoms with Gasteiger partial charge in [-0.05, 0) is 17.5 Å². The normalized spacial score (nSPS) is 13.4. The monoisotopic (exact) mass is 247 g/mol. The second-order valence-corrected chi connectivity index (χ2v) is 3.76. The summed E-state index contributed by atoms with van der Waals surface area (Å²) in [6.07, 6.45) is -5.13. The Morgan fingerprint density at radius 1 is 1.24 bits per heavy atom. The number of hydrogen-bond acceptors (Lipinski definition) is 2. The van der Waals surface area contributed by atoms with E-state index in [1.807, 2.05) is 0 Å². The van der Waals surface area contributed by atoms with Crippen LogP contribution in [-0.4, -0.2) is 23.3 Å². The van der Waals surface area contributed by atoms with Gasteiger partial charge in [-0.1, -0.05) is 24.3 Å². The van der Waals surface area contributed by atoms with Gasteiger partial charge in [-0.15, -0.1) is 0 Å². The van der Waals surface area contributed by atoms with E-state index in [-0.39, 0.29) is 12.0 Å². The summed E-state index contributed by atoms with van der Waals surface area (Å²) in [5.74, 6) is -1.13. The van der Waals surface area contributed by atoms with Crippen molar-refractivity contribution in [1.82, 2.24) is 0 Å². The van der Waals surface area contributed by atoms with Crippen LogP contribution in [0.4, 0.5) is 13.2 Å². The zero-order valence-electron chi connectivity index (χ0n) is 8.87. The number of carboxylic acid groups (broad SMARTS) is 1. The Balaban J connectivity index is 2.65. The summed E-state index contributed by atoms with van der Waals surface area (Å²) >= 11 is 0. The molecule has 6 heteroatoms. The predicted octanol–water partition coefficient (Wildman–Crippen LogP) is 1.75. The van der Waals surface area contributed by atoms with Crippen molar-refractivity contribution in [3.8, 4) is 0 Å². The molecule has 3 N–H and O–H groups in total. The number of carboxylic acids is 1. The summed E-state index contributed by atoms with van der Waals surface area (Å²) in [7, 11) is 0. The van der Waals surface area contributed by atoms with E-state index >= 15 is 0 Å². The Hall–Kier alpha value is -1.56. The largest absolute Gasteiger partial charge is 0.480 e. The molecule has 0 aromatic heterocycles. The van der Waals surface area contributed by atoms with E-state index in [0.29, 0.717) is 5.56 Å². The summed E-state index contributed by atoms with van der Waals surface area (Å²) in [4.78, 5) is 10.5. The third-order valence-corrected chi connectivity index (χ3v) is 2.20. The molecule has 1 rings (SSSR count). The van der Waals surface area contributed by atoms with Gasteiger partial charge in [0.2, 0.25) is 0 Å². The average Bonchev–Trinajstić information content (AvgIpc) is 2.18. The molecule has 0 fully saturated rings. The van der Waals surface area contributed by atoms with Gasteiger partial charge in [0.15, 0.2) is 0 Å². The highest BCUT2D eigenvalue weighted by Crippen LogP contribution is 2.21. The van der Waals surface area contributed by atoms with E-state index in [1.165, 1.54) is 24.3 Å². The van der Waals surface area contributed by atoms with Crippen LogP contribution in [0.2, 0.25) is 0 Å². The number of benzene rings is 1. The first kappa shape index (κ1) is 13.5. The number of rotatable bonds is 4. The van der Waals surface area contributed by atoms with Crippen LogP contribution in [0.15, 0.2) is 24.3 Å². The molecule has 0 unspecified atom stereocenters. The molecule has 0 aliphatic rings. The van der Waals surface area contributed by atoms with Gasteiger partial charge in [0.1, 0.15) is 6.04 Å². The number of aliphatic carboxylic acids is 1. The standard InChI is InChI=1S/C11H12F3NO2/c12-11(13,14)6-8-3-1-7(2-4-8)5-9(15)10(16)17/h1-4,9H,5-6,15H2,(H,16,17)/t9-/m0/s1. The fourth-order valence-electron chi connectivity index (χ4n) is 1.37. The fourth-order valence-corrected chi connectivity index (χ4v) is 1.37. The van der Waals surface area contributed by atoms with Crippen molar-refractivity contribution in [1.29, 1.82) is 0 Å². The quantitative estimate of drug-likeness (QED) is 0.851. The van der Waals surface area contributed by atoms with E-state index < -0.39 is 24.6 Å². The molecule has 94 valence electrons. The SMILES string of the molecule is N[C@@H](Cc1ccc(CC(F)(F)F)cc1)C(=O)O. The second kappa shape index (κ2) is 5.18. The maximum atomic E-state index is 12.1. The molecule has 0 amide bonds. The minimum atomic E-state index is -4.24.